The van der Waals surface area contributed by atoms with Gasteiger partial charge in [0.25, 0.3) is 0 Å². The zero-order valence-electron chi connectivity index (χ0n) is 12.0. The highest BCUT2D eigenvalue weighted by Gasteiger charge is 2.37. The van der Waals surface area contributed by atoms with Crippen LogP contribution in [0.25, 0.3) is 0 Å². The quantitative estimate of drug-likeness (QED) is 0.555. The van der Waals surface area contributed by atoms with Crippen LogP contribution in [0.2, 0.25) is 0 Å². The molecule has 0 radical (unpaired) electrons. The van der Waals surface area contributed by atoms with Crippen molar-refractivity contribution in [3.8, 4) is 0 Å². The van der Waals surface area contributed by atoms with Gasteiger partial charge in [0.1, 0.15) is 0 Å². The summed E-state index contributed by atoms with van der Waals surface area (Å²) >= 11 is 1.77. The van der Waals surface area contributed by atoms with Gasteiger partial charge < -0.3 is 0 Å². The fourth-order valence-electron chi connectivity index (χ4n) is 2.67. The summed E-state index contributed by atoms with van der Waals surface area (Å²) in [4.78, 5) is 11.8. The zero-order valence-corrected chi connectivity index (χ0v) is 12.9. The third kappa shape index (κ3) is 4.23. The molecule has 4 atom stereocenters. The Balaban J connectivity index is 0.000000148. The van der Waals surface area contributed by atoms with Crippen molar-refractivity contribution in [2.24, 2.45) is 11.8 Å². The van der Waals surface area contributed by atoms with E-state index >= 15 is 0 Å². The second-order valence-electron chi connectivity index (χ2n) is 5.50. The molecule has 2 bridgehead atoms. The molecule has 1 aliphatic heterocycles. The third-order valence-corrected chi connectivity index (χ3v) is 4.88. The lowest BCUT2D eigenvalue weighted by Crippen LogP contribution is -2.41. The van der Waals surface area contributed by atoms with E-state index in [1.165, 1.54) is 24.2 Å². The Kier molecular flexibility index (Phi) is 5.74. The Morgan fingerprint density at radius 2 is 1.79 bits per heavy atom. The minimum absolute atomic E-state index is 0.318. The molecule has 1 aromatic rings. The van der Waals surface area contributed by atoms with Crippen LogP contribution in [0.4, 0.5) is 0 Å². The van der Waals surface area contributed by atoms with Crippen LogP contribution >= 0.6 is 11.8 Å². The lowest BCUT2D eigenvalue weighted by molar-refractivity contribution is -0.397. The van der Waals surface area contributed by atoms with Gasteiger partial charge in [-0.2, -0.15) is 0 Å². The molecule has 4 unspecified atom stereocenters. The van der Waals surface area contributed by atoms with Crippen LogP contribution in [0.1, 0.15) is 33.1 Å². The summed E-state index contributed by atoms with van der Waals surface area (Å²) in [5, 5.41) is 0. The van der Waals surface area contributed by atoms with Crippen LogP contribution in [0, 0.1) is 11.8 Å². The minimum Gasteiger partial charge on any atom is -0.233 e. The Morgan fingerprint density at radius 3 is 2.42 bits per heavy atom. The van der Waals surface area contributed by atoms with Crippen molar-refractivity contribution in [3.05, 3.63) is 30.3 Å². The van der Waals surface area contributed by atoms with Crippen LogP contribution in [0.5, 0.6) is 0 Å². The van der Waals surface area contributed by atoms with Gasteiger partial charge in [-0.3, -0.25) is 0 Å². The molecule has 0 N–H and O–H groups in total. The molecule has 3 rings (SSSR count). The lowest BCUT2D eigenvalue weighted by Gasteiger charge is -2.40. The Bertz CT molecular complexity index is 352. The van der Waals surface area contributed by atoms with Crippen molar-refractivity contribution in [3.63, 3.8) is 0 Å². The summed E-state index contributed by atoms with van der Waals surface area (Å²) in [6.07, 6.45) is 6.62. The van der Waals surface area contributed by atoms with E-state index in [0.29, 0.717) is 18.1 Å². The van der Waals surface area contributed by atoms with Gasteiger partial charge in [0.05, 0.1) is 12.2 Å². The fraction of sp³-hybridized carbons (Fsp3) is 0.625. The van der Waals surface area contributed by atoms with Crippen molar-refractivity contribution >= 4 is 11.8 Å². The SMILES string of the molecule is CC1CCC2CC1OOC2C.CSc1ccccc1. The number of hydrogen-bond donors (Lipinski definition) is 0. The number of rotatable bonds is 1. The van der Waals surface area contributed by atoms with Crippen LogP contribution in [0.3, 0.4) is 0 Å². The van der Waals surface area contributed by atoms with Crippen LogP contribution in [0.15, 0.2) is 35.2 Å². The predicted molar refractivity (Wildman–Crippen MR) is 80.1 cm³/mol. The molecule has 19 heavy (non-hydrogen) atoms. The third-order valence-electron chi connectivity index (χ3n) is 4.14. The average Bonchev–Trinajstić information content (AvgIpc) is 2.47. The van der Waals surface area contributed by atoms with Crippen LogP contribution in [-0.4, -0.2) is 18.5 Å². The number of fused-ring (bicyclic) bond motifs is 2. The van der Waals surface area contributed by atoms with Gasteiger partial charge >= 0.3 is 0 Å². The molecular weight excluding hydrogens is 256 g/mol. The Labute approximate surface area is 120 Å². The van der Waals surface area contributed by atoms with Gasteiger partial charge in [0.2, 0.25) is 0 Å². The van der Waals surface area contributed by atoms with Crippen molar-refractivity contribution in [1.82, 2.24) is 0 Å². The van der Waals surface area contributed by atoms with E-state index < -0.39 is 0 Å². The van der Waals surface area contributed by atoms with Crippen molar-refractivity contribution in [2.75, 3.05) is 6.26 Å². The summed E-state index contributed by atoms with van der Waals surface area (Å²) in [5.74, 6) is 1.45. The second-order valence-corrected chi connectivity index (χ2v) is 6.38. The normalized spacial score (nSPS) is 33.2. The number of thioether (sulfide) groups is 1. The Hall–Kier alpha value is -0.510. The monoisotopic (exact) mass is 280 g/mol. The first-order valence-corrected chi connectivity index (χ1v) is 8.34. The van der Waals surface area contributed by atoms with E-state index in [1.807, 2.05) is 18.2 Å². The summed E-state index contributed by atoms with van der Waals surface area (Å²) < 4.78 is 0. The first kappa shape index (κ1) is 14.9. The minimum atomic E-state index is 0.318. The largest absolute Gasteiger partial charge is 0.233 e. The highest BCUT2D eigenvalue weighted by atomic mass is 32.2. The predicted octanol–water partition coefficient (Wildman–Crippen LogP) is 4.55. The molecule has 106 valence electrons. The van der Waals surface area contributed by atoms with E-state index in [9.17, 15) is 0 Å². The second kappa shape index (κ2) is 7.32. The maximum Gasteiger partial charge on any atom is 0.0959 e. The molecule has 2 aliphatic rings. The standard InChI is InChI=1S/C9H16O2.C7H8S/c1-6-3-4-8-5-9(6)11-10-7(8)2;1-8-7-5-3-2-4-6-7/h6-9H,3-5H2,1-2H3;2-6H,1H3. The van der Waals surface area contributed by atoms with E-state index in [4.69, 9.17) is 9.78 Å². The van der Waals surface area contributed by atoms with Gasteiger partial charge in [0, 0.05) is 4.90 Å². The molecule has 0 spiro atoms. The maximum absolute atomic E-state index is 5.27. The van der Waals surface area contributed by atoms with Crippen LogP contribution in [-0.2, 0) is 9.78 Å². The highest BCUT2D eigenvalue weighted by molar-refractivity contribution is 7.98. The zero-order chi connectivity index (χ0) is 13.7. The fourth-order valence-corrected chi connectivity index (χ4v) is 3.10. The number of hydrogen-bond acceptors (Lipinski definition) is 3. The summed E-state index contributed by atoms with van der Waals surface area (Å²) in [6, 6.07) is 10.3. The topological polar surface area (TPSA) is 18.5 Å². The molecule has 1 aliphatic carbocycles. The van der Waals surface area contributed by atoms with Gasteiger partial charge in [-0.15, -0.1) is 11.8 Å². The first-order valence-electron chi connectivity index (χ1n) is 7.12. The molecule has 0 amide bonds. The van der Waals surface area contributed by atoms with Gasteiger partial charge in [0.15, 0.2) is 0 Å². The molecular formula is C16H24O2S. The van der Waals surface area contributed by atoms with Crippen molar-refractivity contribution < 1.29 is 9.78 Å². The average molecular weight is 280 g/mol. The Morgan fingerprint density at radius 1 is 1.05 bits per heavy atom. The molecule has 1 saturated heterocycles. The van der Waals surface area contributed by atoms with Gasteiger partial charge in [-0.05, 0) is 56.4 Å². The molecule has 1 aromatic carbocycles. The molecule has 2 fully saturated rings. The molecule has 3 heteroatoms. The van der Waals surface area contributed by atoms with Crippen LogP contribution < -0.4 is 0 Å². The molecule has 1 heterocycles. The lowest BCUT2D eigenvalue weighted by atomic mass is 9.78. The smallest absolute Gasteiger partial charge is 0.0959 e. The maximum atomic E-state index is 5.27. The van der Waals surface area contributed by atoms with E-state index in [-0.39, 0.29) is 0 Å². The summed E-state index contributed by atoms with van der Waals surface area (Å²) in [5.41, 5.74) is 0. The molecule has 2 nitrogen and oxygen atoms in total. The molecule has 0 aromatic heterocycles. The van der Waals surface area contributed by atoms with E-state index in [2.05, 4.69) is 32.2 Å². The highest BCUT2D eigenvalue weighted by Crippen LogP contribution is 2.37. The van der Waals surface area contributed by atoms with Gasteiger partial charge in [-0.25, -0.2) is 9.78 Å². The van der Waals surface area contributed by atoms with E-state index in [1.54, 1.807) is 11.8 Å². The van der Waals surface area contributed by atoms with Crippen molar-refractivity contribution in [1.29, 1.82) is 0 Å². The molecule has 1 saturated carbocycles. The first-order chi connectivity index (χ1) is 9.20. The van der Waals surface area contributed by atoms with E-state index in [0.717, 1.165) is 5.92 Å². The van der Waals surface area contributed by atoms with Crippen molar-refractivity contribution in [2.45, 2.75) is 50.2 Å². The summed E-state index contributed by atoms with van der Waals surface area (Å²) in [7, 11) is 0. The van der Waals surface area contributed by atoms with Gasteiger partial charge in [-0.1, -0.05) is 25.1 Å². The summed E-state index contributed by atoms with van der Waals surface area (Å²) in [6.45, 7) is 4.36. The number of benzene rings is 1.